The van der Waals surface area contributed by atoms with Crippen LogP contribution in [0.25, 0.3) is 0 Å². The average molecular weight is 428 g/mol. The highest BCUT2D eigenvalue weighted by molar-refractivity contribution is 7.46. The molecule has 0 saturated heterocycles. The van der Waals surface area contributed by atoms with E-state index in [1.165, 1.54) is 6.08 Å². The third-order valence-corrected chi connectivity index (χ3v) is 5.55. The van der Waals surface area contributed by atoms with E-state index in [-0.39, 0.29) is 23.9 Å². The van der Waals surface area contributed by atoms with Crippen molar-refractivity contribution in [2.24, 2.45) is 17.8 Å². The second kappa shape index (κ2) is 12.3. The molecule has 0 aliphatic carbocycles. The number of allylic oxidation sites excluding steroid dienone is 5. The number of esters is 1. The Morgan fingerprint density at radius 3 is 2.48 bits per heavy atom. The molecule has 7 nitrogen and oxygen atoms in total. The molecule has 0 fully saturated rings. The highest BCUT2D eigenvalue weighted by Crippen LogP contribution is 2.41. The van der Waals surface area contributed by atoms with E-state index in [0.29, 0.717) is 12.8 Å². The van der Waals surface area contributed by atoms with E-state index in [0.717, 1.165) is 0 Å². The summed E-state index contributed by atoms with van der Waals surface area (Å²) < 4.78 is 21.8. The van der Waals surface area contributed by atoms with Crippen molar-refractivity contribution in [3.8, 4) is 0 Å². The summed E-state index contributed by atoms with van der Waals surface area (Å²) in [4.78, 5) is 30.1. The lowest BCUT2D eigenvalue weighted by atomic mass is 9.85. The monoisotopic (exact) mass is 428 g/mol. The summed E-state index contributed by atoms with van der Waals surface area (Å²) in [6.45, 7) is 7.45. The van der Waals surface area contributed by atoms with Crippen molar-refractivity contribution in [2.75, 3.05) is 0 Å². The van der Waals surface area contributed by atoms with Gasteiger partial charge in [-0.25, -0.2) is 9.36 Å². The highest BCUT2D eigenvalue weighted by atomic mass is 31.2. The fourth-order valence-electron chi connectivity index (χ4n) is 3.25. The number of phosphoric acid groups is 1. The summed E-state index contributed by atoms with van der Waals surface area (Å²) in [5.41, 5.74) is 0. The van der Waals surface area contributed by atoms with E-state index in [9.17, 15) is 24.3 Å². The van der Waals surface area contributed by atoms with Crippen LogP contribution in [0.2, 0.25) is 0 Å². The number of carbonyl (C=O) groups is 1. The first kappa shape index (κ1) is 25.5. The van der Waals surface area contributed by atoms with Gasteiger partial charge in [0.25, 0.3) is 0 Å². The Kier molecular flexibility index (Phi) is 10.8. The van der Waals surface area contributed by atoms with Gasteiger partial charge in [0.15, 0.2) is 0 Å². The molecule has 1 aliphatic rings. The minimum absolute atomic E-state index is 0.0366. The molecule has 0 aromatic carbocycles. The van der Waals surface area contributed by atoms with Crippen molar-refractivity contribution in [1.82, 2.24) is 0 Å². The molecule has 1 aliphatic heterocycles. The Bertz CT molecular complexity index is 677. The molecule has 0 amide bonds. The van der Waals surface area contributed by atoms with Gasteiger partial charge in [0.1, 0.15) is 6.10 Å². The van der Waals surface area contributed by atoms with E-state index >= 15 is 0 Å². The lowest BCUT2D eigenvalue weighted by Gasteiger charge is -2.32. The average Bonchev–Trinajstić information content (AvgIpc) is 2.64. The quantitative estimate of drug-likeness (QED) is 0.261. The first-order valence-corrected chi connectivity index (χ1v) is 11.3. The van der Waals surface area contributed by atoms with E-state index < -0.39 is 25.9 Å². The van der Waals surface area contributed by atoms with Crippen LogP contribution in [-0.2, 0) is 18.6 Å². The minimum atomic E-state index is -4.73. The Hall–Kier alpha value is -1.50. The maximum absolute atomic E-state index is 11.5. The largest absolute Gasteiger partial charge is 0.469 e. The van der Waals surface area contributed by atoms with Crippen molar-refractivity contribution in [3.05, 3.63) is 48.6 Å². The molecule has 0 radical (unpaired) electrons. The lowest BCUT2D eigenvalue weighted by Crippen LogP contribution is -2.35. The number of hydrogen-bond acceptors (Lipinski definition) is 5. The Morgan fingerprint density at radius 1 is 1.21 bits per heavy atom. The summed E-state index contributed by atoms with van der Waals surface area (Å²) in [5, 5.41) is 10.4. The summed E-state index contributed by atoms with van der Waals surface area (Å²) in [7, 11) is -4.73. The Labute approximate surface area is 173 Å². The molecule has 0 aromatic rings. The van der Waals surface area contributed by atoms with E-state index in [1.807, 2.05) is 32.9 Å². The van der Waals surface area contributed by atoms with Crippen LogP contribution in [0.1, 0.15) is 40.5 Å². The van der Waals surface area contributed by atoms with E-state index in [2.05, 4.69) is 0 Å². The molecule has 1 rings (SSSR count). The third kappa shape index (κ3) is 9.70. The van der Waals surface area contributed by atoms with Crippen molar-refractivity contribution >= 4 is 13.8 Å². The van der Waals surface area contributed by atoms with Crippen molar-refractivity contribution < 1.29 is 33.5 Å². The Balaban J connectivity index is 2.77. The number of hydrogen-bond donors (Lipinski definition) is 3. The number of rotatable bonds is 11. The van der Waals surface area contributed by atoms with Gasteiger partial charge in [-0.2, -0.15) is 0 Å². The van der Waals surface area contributed by atoms with Crippen LogP contribution in [0.5, 0.6) is 0 Å². The molecule has 0 aromatic heterocycles. The predicted octanol–water partition coefficient (Wildman–Crippen LogP) is 3.68. The highest BCUT2D eigenvalue weighted by Gasteiger charge is 2.33. The van der Waals surface area contributed by atoms with Crippen molar-refractivity contribution in [2.45, 2.75) is 58.8 Å². The van der Waals surface area contributed by atoms with Gasteiger partial charge in [0.05, 0.1) is 12.2 Å². The SMILES string of the molecule is C/C=C/C=C/C=C/C(O)C(C)C(CCC(C)C1OC(=O)C=CC1C)OP(=O)(O)O. The summed E-state index contributed by atoms with van der Waals surface area (Å²) in [6.07, 6.45) is 12.4. The zero-order chi connectivity index (χ0) is 22.0. The normalized spacial score (nSPS) is 24.9. The van der Waals surface area contributed by atoms with Crippen LogP contribution in [0.3, 0.4) is 0 Å². The van der Waals surface area contributed by atoms with E-state index in [4.69, 9.17) is 9.26 Å². The van der Waals surface area contributed by atoms with Crippen LogP contribution < -0.4 is 0 Å². The number of aliphatic hydroxyl groups is 1. The third-order valence-electron chi connectivity index (χ3n) is 5.01. The summed E-state index contributed by atoms with van der Waals surface area (Å²) in [6, 6.07) is 0. The van der Waals surface area contributed by atoms with Crippen LogP contribution in [-0.4, -0.2) is 39.2 Å². The molecule has 164 valence electrons. The van der Waals surface area contributed by atoms with Crippen LogP contribution >= 0.6 is 7.82 Å². The smallest absolute Gasteiger partial charge is 0.458 e. The number of cyclic esters (lactones) is 1. The van der Waals surface area contributed by atoms with Gasteiger partial charge in [0.2, 0.25) is 0 Å². The lowest BCUT2D eigenvalue weighted by molar-refractivity contribution is -0.149. The molecule has 29 heavy (non-hydrogen) atoms. The first-order valence-electron chi connectivity index (χ1n) is 9.82. The van der Waals surface area contributed by atoms with Crippen molar-refractivity contribution in [3.63, 3.8) is 0 Å². The van der Waals surface area contributed by atoms with Gasteiger partial charge in [-0.15, -0.1) is 0 Å². The molecule has 0 bridgehead atoms. The fourth-order valence-corrected chi connectivity index (χ4v) is 3.90. The zero-order valence-electron chi connectivity index (χ0n) is 17.4. The Morgan fingerprint density at radius 2 is 1.86 bits per heavy atom. The molecule has 8 heteroatoms. The predicted molar refractivity (Wildman–Crippen MR) is 112 cm³/mol. The standard InChI is InChI=1S/C21H33O7P/c1-5-6-7-8-9-10-18(22)17(4)19(28-29(24,25)26)13-11-15(2)21-16(3)12-14-20(23)27-21/h5-10,12,14-19,21-22H,11,13H2,1-4H3,(H2,24,25,26)/b6-5+,8-7+,10-9+. The van der Waals surface area contributed by atoms with E-state index in [1.54, 1.807) is 37.3 Å². The molecule has 1 heterocycles. The molecule has 6 atom stereocenters. The maximum Gasteiger partial charge on any atom is 0.469 e. The first-order chi connectivity index (χ1) is 13.5. The van der Waals surface area contributed by atoms with Gasteiger partial charge in [-0.05, 0) is 25.7 Å². The molecular weight excluding hydrogens is 395 g/mol. The molecule has 0 saturated carbocycles. The number of ether oxygens (including phenoxy) is 1. The van der Waals surface area contributed by atoms with Gasteiger partial charge in [0, 0.05) is 17.9 Å². The van der Waals surface area contributed by atoms with Gasteiger partial charge in [-0.1, -0.05) is 63.3 Å². The van der Waals surface area contributed by atoms with Gasteiger partial charge < -0.3 is 19.6 Å². The molecule has 0 spiro atoms. The number of aliphatic hydroxyl groups excluding tert-OH is 1. The maximum atomic E-state index is 11.5. The molecule has 3 N–H and O–H groups in total. The summed E-state index contributed by atoms with van der Waals surface area (Å²) in [5.74, 6) is -0.917. The zero-order valence-corrected chi connectivity index (χ0v) is 18.3. The second-order valence-corrected chi connectivity index (χ2v) is 8.65. The number of phosphoric ester groups is 1. The van der Waals surface area contributed by atoms with Gasteiger partial charge >= 0.3 is 13.8 Å². The summed E-state index contributed by atoms with van der Waals surface area (Å²) >= 11 is 0. The molecular formula is C21H33O7P. The second-order valence-electron chi connectivity index (χ2n) is 7.45. The van der Waals surface area contributed by atoms with Gasteiger partial charge in [-0.3, -0.25) is 4.52 Å². The van der Waals surface area contributed by atoms with Crippen molar-refractivity contribution in [1.29, 1.82) is 0 Å². The topological polar surface area (TPSA) is 113 Å². The van der Waals surface area contributed by atoms with Crippen LogP contribution in [0.4, 0.5) is 0 Å². The van der Waals surface area contributed by atoms with Crippen LogP contribution in [0, 0.1) is 17.8 Å². The fraction of sp³-hybridized carbons (Fsp3) is 0.571. The minimum Gasteiger partial charge on any atom is -0.458 e. The van der Waals surface area contributed by atoms with Crippen LogP contribution in [0.15, 0.2) is 48.6 Å². The molecule has 6 unspecified atom stereocenters. The number of carbonyl (C=O) groups excluding carboxylic acids is 1.